The van der Waals surface area contributed by atoms with Crippen molar-refractivity contribution in [1.82, 2.24) is 4.90 Å². The summed E-state index contributed by atoms with van der Waals surface area (Å²) >= 11 is 3.04. The molecule has 2 aromatic rings. The number of carbonyl (C=O) groups is 1. The van der Waals surface area contributed by atoms with E-state index in [-0.39, 0.29) is 5.91 Å². The Labute approximate surface area is 168 Å². The first kappa shape index (κ1) is 18.0. The van der Waals surface area contributed by atoms with Crippen LogP contribution in [0.25, 0.3) is 6.08 Å². The van der Waals surface area contributed by atoms with Crippen molar-refractivity contribution in [2.75, 3.05) is 29.9 Å². The molecule has 0 atom stereocenters. The van der Waals surface area contributed by atoms with Crippen LogP contribution >= 0.6 is 0 Å². The van der Waals surface area contributed by atoms with E-state index in [2.05, 4.69) is 44.7 Å². The molecule has 0 bridgehead atoms. The predicted molar refractivity (Wildman–Crippen MR) is 113 cm³/mol. The molecule has 2 saturated heterocycles. The zero-order valence-corrected chi connectivity index (χ0v) is 17.4. The van der Waals surface area contributed by atoms with Crippen molar-refractivity contribution in [3.63, 3.8) is 0 Å². The summed E-state index contributed by atoms with van der Waals surface area (Å²) in [4.78, 5) is 19.1. The summed E-state index contributed by atoms with van der Waals surface area (Å²) in [6, 6.07) is 16.5. The van der Waals surface area contributed by atoms with Gasteiger partial charge in [0, 0.05) is 0 Å². The number of nitrogens with zero attached hydrogens (tertiary/aromatic N) is 3. The number of hydrogen-bond donors (Lipinski definition) is 0. The van der Waals surface area contributed by atoms with E-state index in [1.807, 2.05) is 49.2 Å². The Morgan fingerprint density at radius 1 is 0.926 bits per heavy atom. The summed E-state index contributed by atoms with van der Waals surface area (Å²) < 4.78 is 0.795. The molecule has 0 saturated carbocycles. The van der Waals surface area contributed by atoms with Crippen LogP contribution in [0, 0.1) is 6.92 Å². The fourth-order valence-electron chi connectivity index (χ4n) is 3.59. The SMILES string of the molecule is Cc1ccc(N2C(=O)/C(=C\c3ccc(N4CCCC4)cc3)N(C)C2=[Se])cc1. The van der Waals surface area contributed by atoms with Crippen LogP contribution in [0.5, 0.6) is 0 Å². The van der Waals surface area contributed by atoms with Crippen LogP contribution < -0.4 is 9.80 Å². The van der Waals surface area contributed by atoms with Gasteiger partial charge in [-0.2, -0.15) is 0 Å². The molecule has 0 unspecified atom stereocenters. The van der Waals surface area contributed by atoms with Gasteiger partial charge in [-0.3, -0.25) is 0 Å². The first-order valence-electron chi connectivity index (χ1n) is 9.30. The number of aryl methyl sites for hydroxylation is 1. The van der Waals surface area contributed by atoms with E-state index >= 15 is 0 Å². The van der Waals surface area contributed by atoms with Crippen molar-refractivity contribution >= 4 is 43.6 Å². The summed E-state index contributed by atoms with van der Waals surface area (Å²) in [5.41, 5.74) is 5.01. The van der Waals surface area contributed by atoms with Crippen LogP contribution in [0.4, 0.5) is 11.4 Å². The second-order valence-electron chi connectivity index (χ2n) is 7.13. The Balaban J connectivity index is 1.60. The molecule has 0 N–H and O–H groups in total. The van der Waals surface area contributed by atoms with Crippen molar-refractivity contribution < 1.29 is 4.79 Å². The van der Waals surface area contributed by atoms with Crippen molar-refractivity contribution in [3.8, 4) is 0 Å². The van der Waals surface area contributed by atoms with Gasteiger partial charge in [0.1, 0.15) is 0 Å². The molecular formula is C22H23N3OSe. The number of carbonyl (C=O) groups excluding carboxylic acids is 1. The predicted octanol–water partition coefficient (Wildman–Crippen LogP) is 3.17. The van der Waals surface area contributed by atoms with Gasteiger partial charge >= 0.3 is 168 Å². The Kier molecular flexibility index (Phi) is 4.90. The van der Waals surface area contributed by atoms with Crippen LogP contribution in [0.15, 0.2) is 54.2 Å². The Morgan fingerprint density at radius 2 is 1.52 bits per heavy atom. The molecule has 4 rings (SSSR count). The molecule has 1 amide bonds. The van der Waals surface area contributed by atoms with E-state index in [0.29, 0.717) is 5.70 Å². The second-order valence-corrected chi connectivity index (χ2v) is 7.90. The third-order valence-corrected chi connectivity index (χ3v) is 6.18. The molecule has 2 heterocycles. The molecule has 5 heteroatoms. The summed E-state index contributed by atoms with van der Waals surface area (Å²) in [7, 11) is 1.92. The van der Waals surface area contributed by atoms with E-state index in [1.54, 1.807) is 4.90 Å². The first-order valence-corrected chi connectivity index (χ1v) is 10.2. The van der Waals surface area contributed by atoms with E-state index in [1.165, 1.54) is 24.1 Å². The third kappa shape index (κ3) is 3.45. The van der Waals surface area contributed by atoms with Gasteiger partial charge in [0.25, 0.3) is 0 Å². The van der Waals surface area contributed by atoms with Gasteiger partial charge in [0.15, 0.2) is 0 Å². The van der Waals surface area contributed by atoms with E-state index < -0.39 is 0 Å². The van der Waals surface area contributed by atoms with Gasteiger partial charge in [-0.15, -0.1) is 0 Å². The van der Waals surface area contributed by atoms with Crippen molar-refractivity contribution in [3.05, 3.63) is 65.4 Å². The number of benzene rings is 2. The van der Waals surface area contributed by atoms with Gasteiger partial charge in [-0.05, 0) is 0 Å². The molecule has 138 valence electrons. The maximum absolute atomic E-state index is 13.1. The average Bonchev–Trinajstić information content (AvgIpc) is 3.28. The number of likely N-dealkylation sites (N-methyl/N-ethyl adjacent to an activating group) is 1. The molecule has 2 aliphatic heterocycles. The molecular weight excluding hydrogens is 401 g/mol. The Hall–Kier alpha value is -2.36. The number of anilines is 2. The van der Waals surface area contributed by atoms with E-state index in [9.17, 15) is 4.79 Å². The van der Waals surface area contributed by atoms with Crippen molar-refractivity contribution in [1.29, 1.82) is 0 Å². The molecule has 2 aliphatic rings. The second kappa shape index (κ2) is 7.34. The van der Waals surface area contributed by atoms with Gasteiger partial charge in [-0.1, -0.05) is 0 Å². The van der Waals surface area contributed by atoms with Crippen LogP contribution in [-0.2, 0) is 4.79 Å². The summed E-state index contributed by atoms with van der Waals surface area (Å²) in [6.07, 6.45) is 4.50. The van der Waals surface area contributed by atoms with Crippen LogP contribution in [0.3, 0.4) is 0 Å². The normalized spacial score (nSPS) is 18.9. The molecule has 27 heavy (non-hydrogen) atoms. The topological polar surface area (TPSA) is 26.8 Å². The van der Waals surface area contributed by atoms with E-state index in [0.717, 1.165) is 29.0 Å². The fraction of sp³-hybridized carbons (Fsp3) is 0.273. The van der Waals surface area contributed by atoms with Crippen LogP contribution in [0.2, 0.25) is 0 Å². The number of amides is 1. The standard InChI is InChI=1S/C22H23N3OSe/c1-16-5-9-19(10-6-16)25-21(26)20(23(2)22(25)27)15-17-7-11-18(12-8-17)24-13-3-4-14-24/h5-12,15H,3-4,13-14H2,1-2H3/b20-15+. The monoisotopic (exact) mass is 425 g/mol. The molecule has 0 aromatic heterocycles. The average molecular weight is 424 g/mol. The number of rotatable bonds is 3. The molecule has 0 spiro atoms. The van der Waals surface area contributed by atoms with Crippen molar-refractivity contribution in [2.45, 2.75) is 19.8 Å². The zero-order valence-electron chi connectivity index (χ0n) is 15.7. The number of hydrogen-bond acceptors (Lipinski definition) is 3. The summed E-state index contributed by atoms with van der Waals surface area (Å²) in [5, 5.41) is 0. The maximum atomic E-state index is 13.1. The summed E-state index contributed by atoms with van der Waals surface area (Å²) in [6.45, 7) is 4.32. The van der Waals surface area contributed by atoms with Crippen LogP contribution in [-0.4, -0.2) is 51.2 Å². The first-order chi connectivity index (χ1) is 13.0. The minimum atomic E-state index is -0.0151. The van der Waals surface area contributed by atoms with Gasteiger partial charge in [0.05, 0.1) is 0 Å². The molecule has 0 radical (unpaired) electrons. The van der Waals surface area contributed by atoms with Gasteiger partial charge < -0.3 is 0 Å². The van der Waals surface area contributed by atoms with E-state index in [4.69, 9.17) is 0 Å². The molecule has 2 aromatic carbocycles. The zero-order chi connectivity index (χ0) is 19.0. The Morgan fingerprint density at radius 3 is 2.15 bits per heavy atom. The minimum absolute atomic E-state index is 0.0151. The fourth-order valence-corrected chi connectivity index (χ4v) is 4.19. The molecule has 4 nitrogen and oxygen atoms in total. The summed E-state index contributed by atoms with van der Waals surface area (Å²) in [5.74, 6) is -0.0151. The Bertz CT molecular complexity index is 896. The van der Waals surface area contributed by atoms with Crippen molar-refractivity contribution in [2.24, 2.45) is 0 Å². The van der Waals surface area contributed by atoms with Crippen LogP contribution in [0.1, 0.15) is 24.0 Å². The van der Waals surface area contributed by atoms with Gasteiger partial charge in [0.2, 0.25) is 0 Å². The van der Waals surface area contributed by atoms with Gasteiger partial charge in [-0.25, -0.2) is 0 Å². The third-order valence-electron chi connectivity index (χ3n) is 5.22. The quantitative estimate of drug-likeness (QED) is 0.560. The molecule has 0 aliphatic carbocycles. The molecule has 2 fully saturated rings.